The Balaban J connectivity index is 1.95. The quantitative estimate of drug-likeness (QED) is 0.487. The van der Waals surface area contributed by atoms with E-state index in [1.54, 1.807) is 6.07 Å². The fourth-order valence-corrected chi connectivity index (χ4v) is 3.83. The van der Waals surface area contributed by atoms with Gasteiger partial charge in [-0.15, -0.1) is 0 Å². The van der Waals surface area contributed by atoms with Gasteiger partial charge in [-0.3, -0.25) is 0 Å². The SMILES string of the molecule is CCCCCC1CCC(c2ccc(CCC)c(F)c2F)CC1. The van der Waals surface area contributed by atoms with E-state index in [0.717, 1.165) is 25.2 Å². The van der Waals surface area contributed by atoms with Crippen LogP contribution in [0.1, 0.15) is 88.7 Å². The molecule has 1 saturated carbocycles. The Morgan fingerprint density at radius 3 is 2.27 bits per heavy atom. The van der Waals surface area contributed by atoms with Crippen molar-refractivity contribution in [3.63, 3.8) is 0 Å². The first kappa shape index (κ1) is 17.4. The van der Waals surface area contributed by atoms with E-state index in [1.165, 1.54) is 38.5 Å². The first-order valence-corrected chi connectivity index (χ1v) is 9.14. The predicted molar refractivity (Wildman–Crippen MR) is 89.2 cm³/mol. The number of halogens is 2. The molecule has 0 unspecified atom stereocenters. The number of unbranched alkanes of at least 4 members (excludes halogenated alkanes) is 2. The summed E-state index contributed by atoms with van der Waals surface area (Å²) in [6.45, 7) is 4.22. The summed E-state index contributed by atoms with van der Waals surface area (Å²) in [5, 5.41) is 0. The van der Waals surface area contributed by atoms with Crippen molar-refractivity contribution >= 4 is 0 Å². The largest absolute Gasteiger partial charge is 0.203 e. The summed E-state index contributed by atoms with van der Waals surface area (Å²) < 4.78 is 28.5. The normalized spacial score (nSPS) is 22.0. The van der Waals surface area contributed by atoms with E-state index >= 15 is 0 Å². The molecule has 0 amide bonds. The fraction of sp³-hybridized carbons (Fsp3) is 0.700. The molecule has 0 spiro atoms. The number of hydrogen-bond acceptors (Lipinski definition) is 0. The third-order valence-corrected chi connectivity index (χ3v) is 5.21. The van der Waals surface area contributed by atoms with Gasteiger partial charge in [-0.1, -0.05) is 58.1 Å². The summed E-state index contributed by atoms with van der Waals surface area (Å²) in [6, 6.07) is 3.63. The molecule has 1 aromatic rings. The molecule has 0 nitrogen and oxygen atoms in total. The lowest BCUT2D eigenvalue weighted by Gasteiger charge is -2.29. The molecule has 0 aliphatic heterocycles. The van der Waals surface area contributed by atoms with E-state index in [9.17, 15) is 8.78 Å². The van der Waals surface area contributed by atoms with E-state index in [2.05, 4.69) is 6.92 Å². The van der Waals surface area contributed by atoms with Crippen LogP contribution in [0.2, 0.25) is 0 Å². The van der Waals surface area contributed by atoms with Gasteiger partial charge in [0.2, 0.25) is 0 Å². The van der Waals surface area contributed by atoms with Crippen molar-refractivity contribution in [3.05, 3.63) is 34.9 Å². The smallest absolute Gasteiger partial charge is 0.162 e. The second-order valence-corrected chi connectivity index (χ2v) is 6.91. The summed E-state index contributed by atoms with van der Waals surface area (Å²) in [4.78, 5) is 0. The van der Waals surface area contributed by atoms with Gasteiger partial charge < -0.3 is 0 Å². The monoisotopic (exact) mass is 308 g/mol. The molecule has 124 valence electrons. The number of benzene rings is 1. The first-order chi connectivity index (χ1) is 10.7. The minimum Gasteiger partial charge on any atom is -0.203 e. The van der Waals surface area contributed by atoms with Gasteiger partial charge in [0.25, 0.3) is 0 Å². The van der Waals surface area contributed by atoms with Crippen LogP contribution in [0.15, 0.2) is 12.1 Å². The van der Waals surface area contributed by atoms with Gasteiger partial charge in [0.15, 0.2) is 11.6 Å². The molecule has 0 N–H and O–H groups in total. The van der Waals surface area contributed by atoms with E-state index < -0.39 is 11.6 Å². The van der Waals surface area contributed by atoms with Crippen LogP contribution in [-0.4, -0.2) is 0 Å². The Morgan fingerprint density at radius 2 is 1.64 bits per heavy atom. The zero-order valence-electron chi connectivity index (χ0n) is 14.1. The molecule has 22 heavy (non-hydrogen) atoms. The molecule has 0 bridgehead atoms. The zero-order valence-corrected chi connectivity index (χ0v) is 14.1. The lowest BCUT2D eigenvalue weighted by atomic mass is 9.76. The minimum atomic E-state index is -0.607. The third kappa shape index (κ3) is 4.30. The predicted octanol–water partition coefficient (Wildman–Crippen LogP) is 6.77. The van der Waals surface area contributed by atoms with Gasteiger partial charge >= 0.3 is 0 Å². The molecule has 2 rings (SSSR count). The van der Waals surface area contributed by atoms with E-state index in [4.69, 9.17) is 0 Å². The first-order valence-electron chi connectivity index (χ1n) is 9.14. The van der Waals surface area contributed by atoms with Crippen molar-refractivity contribution in [2.75, 3.05) is 0 Å². The van der Waals surface area contributed by atoms with Gasteiger partial charge in [-0.25, -0.2) is 8.78 Å². The van der Waals surface area contributed by atoms with Crippen LogP contribution in [0.3, 0.4) is 0 Å². The van der Waals surface area contributed by atoms with E-state index in [0.29, 0.717) is 17.5 Å². The molecule has 0 atom stereocenters. The summed E-state index contributed by atoms with van der Waals surface area (Å²) in [5.41, 5.74) is 1.14. The molecule has 2 heteroatoms. The van der Waals surface area contributed by atoms with Crippen LogP contribution >= 0.6 is 0 Å². The van der Waals surface area contributed by atoms with Gasteiger partial charge in [0.05, 0.1) is 0 Å². The van der Waals surface area contributed by atoms with Gasteiger partial charge in [0.1, 0.15) is 0 Å². The summed E-state index contributed by atoms with van der Waals surface area (Å²) in [5.74, 6) is -0.174. The molecule has 0 radical (unpaired) electrons. The Bertz CT molecular complexity index is 459. The Morgan fingerprint density at radius 1 is 0.909 bits per heavy atom. The van der Waals surface area contributed by atoms with Crippen molar-refractivity contribution in [3.8, 4) is 0 Å². The highest BCUT2D eigenvalue weighted by atomic mass is 19.2. The molecule has 0 saturated heterocycles. The van der Waals surface area contributed by atoms with E-state index in [1.807, 2.05) is 13.0 Å². The van der Waals surface area contributed by atoms with E-state index in [-0.39, 0.29) is 5.92 Å². The molecule has 0 heterocycles. The Hall–Kier alpha value is -0.920. The molecule has 0 aromatic heterocycles. The summed E-state index contributed by atoms with van der Waals surface area (Å²) in [6.07, 6.45) is 11.1. The lowest BCUT2D eigenvalue weighted by Crippen LogP contribution is -2.15. The number of rotatable bonds is 7. The maximum absolute atomic E-state index is 14.3. The summed E-state index contributed by atoms with van der Waals surface area (Å²) in [7, 11) is 0. The number of aryl methyl sites for hydroxylation is 1. The minimum absolute atomic E-state index is 0.215. The van der Waals surface area contributed by atoms with Crippen molar-refractivity contribution < 1.29 is 8.78 Å². The van der Waals surface area contributed by atoms with Crippen LogP contribution in [0.25, 0.3) is 0 Å². The van der Waals surface area contributed by atoms with Crippen molar-refractivity contribution in [2.45, 2.75) is 84.0 Å². The molecule has 1 aliphatic rings. The Labute approximate surface area is 134 Å². The van der Waals surface area contributed by atoms with Gasteiger partial charge in [0, 0.05) is 0 Å². The second kappa shape index (κ2) is 8.64. The standard InChI is InChI=1S/C20H30F2/c1-3-5-6-8-15-9-11-16(12-10-15)18-14-13-17(7-4-2)19(21)20(18)22/h13-16H,3-12H2,1-2H3. The topological polar surface area (TPSA) is 0 Å². The highest BCUT2D eigenvalue weighted by molar-refractivity contribution is 5.29. The average molecular weight is 308 g/mol. The fourth-order valence-electron chi connectivity index (χ4n) is 3.83. The maximum Gasteiger partial charge on any atom is 0.162 e. The molecular weight excluding hydrogens is 278 g/mol. The third-order valence-electron chi connectivity index (χ3n) is 5.21. The van der Waals surface area contributed by atoms with Crippen LogP contribution in [0, 0.1) is 17.6 Å². The Kier molecular flexibility index (Phi) is 6.85. The molecule has 1 aromatic carbocycles. The highest BCUT2D eigenvalue weighted by Crippen LogP contribution is 2.39. The lowest BCUT2D eigenvalue weighted by molar-refractivity contribution is 0.297. The zero-order chi connectivity index (χ0) is 15.9. The second-order valence-electron chi connectivity index (χ2n) is 6.91. The molecule has 1 aliphatic carbocycles. The number of hydrogen-bond donors (Lipinski definition) is 0. The highest BCUT2D eigenvalue weighted by Gasteiger charge is 2.25. The van der Waals surface area contributed by atoms with Crippen molar-refractivity contribution in [1.82, 2.24) is 0 Å². The summed E-state index contributed by atoms with van der Waals surface area (Å²) >= 11 is 0. The molecular formula is C20H30F2. The van der Waals surface area contributed by atoms with Crippen LogP contribution in [-0.2, 0) is 6.42 Å². The van der Waals surface area contributed by atoms with Crippen LogP contribution < -0.4 is 0 Å². The average Bonchev–Trinajstić information content (AvgIpc) is 2.53. The van der Waals surface area contributed by atoms with Gasteiger partial charge in [-0.05, 0) is 55.1 Å². The van der Waals surface area contributed by atoms with Crippen molar-refractivity contribution in [1.29, 1.82) is 0 Å². The van der Waals surface area contributed by atoms with Gasteiger partial charge in [-0.2, -0.15) is 0 Å². The van der Waals surface area contributed by atoms with Crippen molar-refractivity contribution in [2.24, 2.45) is 5.92 Å². The molecule has 1 fully saturated rings. The maximum atomic E-state index is 14.3. The van der Waals surface area contributed by atoms with Crippen LogP contribution in [0.4, 0.5) is 8.78 Å². The van der Waals surface area contributed by atoms with Crippen LogP contribution in [0.5, 0.6) is 0 Å².